The number of benzene rings is 1. The zero-order valence-electron chi connectivity index (χ0n) is 9.77. The van der Waals surface area contributed by atoms with E-state index in [-0.39, 0.29) is 12.4 Å². The van der Waals surface area contributed by atoms with Crippen LogP contribution in [0.5, 0.6) is 0 Å². The molecular weight excluding hydrogens is 238 g/mol. The van der Waals surface area contributed by atoms with Gasteiger partial charge in [0.25, 0.3) is 0 Å². The molecule has 1 aromatic carbocycles. The van der Waals surface area contributed by atoms with E-state index in [2.05, 4.69) is 4.98 Å². The average molecular weight is 250 g/mol. The van der Waals surface area contributed by atoms with Gasteiger partial charge < -0.3 is 10.0 Å². The average Bonchev–Trinajstić information content (AvgIpc) is 2.38. The molecular formula is C13H12F2N2O. The molecule has 3 nitrogen and oxygen atoms in total. The van der Waals surface area contributed by atoms with Gasteiger partial charge in [-0.2, -0.15) is 0 Å². The van der Waals surface area contributed by atoms with Crippen molar-refractivity contribution in [2.45, 2.75) is 6.61 Å². The topological polar surface area (TPSA) is 36.4 Å². The molecule has 0 aliphatic heterocycles. The lowest BCUT2D eigenvalue weighted by molar-refractivity contribution is 0.281. The van der Waals surface area contributed by atoms with Gasteiger partial charge in [-0.05, 0) is 30.3 Å². The molecule has 0 aliphatic carbocycles. The minimum atomic E-state index is -0.504. The number of nitrogens with zero attached hydrogens (tertiary/aromatic N) is 2. The molecule has 0 saturated carbocycles. The third-order valence-corrected chi connectivity index (χ3v) is 2.61. The van der Waals surface area contributed by atoms with E-state index >= 15 is 0 Å². The predicted molar refractivity (Wildman–Crippen MR) is 64.6 cm³/mol. The molecule has 0 fully saturated rings. The maximum absolute atomic E-state index is 13.0. The lowest BCUT2D eigenvalue weighted by Gasteiger charge is -2.20. The summed E-state index contributed by atoms with van der Waals surface area (Å²) in [6, 6.07) is 7.05. The SMILES string of the molecule is CN(c1ccc(F)cc1)c1ncc(F)cc1CO. The molecule has 2 aromatic rings. The van der Waals surface area contributed by atoms with Crippen molar-refractivity contribution in [3.05, 3.63) is 53.7 Å². The second kappa shape index (κ2) is 5.10. The summed E-state index contributed by atoms with van der Waals surface area (Å²) in [6.07, 6.45) is 1.08. The second-order valence-corrected chi connectivity index (χ2v) is 3.83. The normalized spacial score (nSPS) is 10.4. The highest BCUT2D eigenvalue weighted by Crippen LogP contribution is 2.25. The summed E-state index contributed by atoms with van der Waals surface area (Å²) < 4.78 is 25.8. The molecule has 0 spiro atoms. The molecule has 1 heterocycles. The number of aromatic nitrogens is 1. The van der Waals surface area contributed by atoms with Gasteiger partial charge in [0.2, 0.25) is 0 Å². The van der Waals surface area contributed by atoms with Crippen molar-refractivity contribution in [2.24, 2.45) is 0 Å². The van der Waals surface area contributed by atoms with Gasteiger partial charge in [-0.15, -0.1) is 0 Å². The molecule has 94 valence electrons. The summed E-state index contributed by atoms with van der Waals surface area (Å²) in [5.74, 6) is -0.401. The van der Waals surface area contributed by atoms with E-state index in [4.69, 9.17) is 0 Å². The van der Waals surface area contributed by atoms with Crippen LogP contribution in [-0.4, -0.2) is 17.1 Å². The fraction of sp³-hybridized carbons (Fsp3) is 0.154. The Morgan fingerprint density at radius 1 is 1.17 bits per heavy atom. The Kier molecular flexibility index (Phi) is 3.53. The summed E-state index contributed by atoms with van der Waals surface area (Å²) in [5.41, 5.74) is 1.08. The number of pyridine rings is 1. The Morgan fingerprint density at radius 3 is 2.44 bits per heavy atom. The molecule has 1 N–H and O–H groups in total. The van der Waals surface area contributed by atoms with E-state index in [1.54, 1.807) is 24.1 Å². The zero-order chi connectivity index (χ0) is 13.1. The van der Waals surface area contributed by atoms with E-state index in [0.29, 0.717) is 17.1 Å². The first-order valence-electron chi connectivity index (χ1n) is 5.36. The highest BCUT2D eigenvalue weighted by Gasteiger charge is 2.11. The summed E-state index contributed by atoms with van der Waals surface area (Å²) in [4.78, 5) is 5.60. The van der Waals surface area contributed by atoms with Crippen molar-refractivity contribution in [3.8, 4) is 0 Å². The van der Waals surface area contributed by atoms with Crippen molar-refractivity contribution in [2.75, 3.05) is 11.9 Å². The van der Waals surface area contributed by atoms with E-state index in [1.165, 1.54) is 18.2 Å². The van der Waals surface area contributed by atoms with Crippen LogP contribution in [0, 0.1) is 11.6 Å². The maximum atomic E-state index is 13.0. The Balaban J connectivity index is 2.39. The number of aliphatic hydroxyl groups is 1. The van der Waals surface area contributed by atoms with Gasteiger partial charge in [-0.1, -0.05) is 0 Å². The number of hydrogen-bond donors (Lipinski definition) is 1. The zero-order valence-corrected chi connectivity index (χ0v) is 9.77. The number of hydrogen-bond acceptors (Lipinski definition) is 3. The molecule has 5 heteroatoms. The minimum Gasteiger partial charge on any atom is -0.392 e. The standard InChI is InChI=1S/C13H12F2N2O/c1-17(12-4-2-10(14)3-5-12)13-9(8-18)6-11(15)7-16-13/h2-7,18H,8H2,1H3. The first kappa shape index (κ1) is 12.4. The predicted octanol–water partition coefficient (Wildman–Crippen LogP) is 2.62. The molecule has 2 rings (SSSR count). The smallest absolute Gasteiger partial charge is 0.142 e. The van der Waals surface area contributed by atoms with E-state index in [9.17, 15) is 13.9 Å². The van der Waals surface area contributed by atoms with Crippen LogP contribution in [0.4, 0.5) is 20.3 Å². The monoisotopic (exact) mass is 250 g/mol. The van der Waals surface area contributed by atoms with Crippen LogP contribution in [0.2, 0.25) is 0 Å². The van der Waals surface area contributed by atoms with Crippen LogP contribution >= 0.6 is 0 Å². The van der Waals surface area contributed by atoms with Crippen molar-refractivity contribution < 1.29 is 13.9 Å². The molecule has 1 aromatic heterocycles. The van der Waals surface area contributed by atoms with Gasteiger partial charge in [0, 0.05) is 18.3 Å². The third kappa shape index (κ3) is 2.46. The first-order valence-corrected chi connectivity index (χ1v) is 5.36. The summed E-state index contributed by atoms with van der Waals surface area (Å²) in [6.45, 7) is -0.314. The molecule has 0 saturated heterocycles. The van der Waals surface area contributed by atoms with Gasteiger partial charge in [-0.3, -0.25) is 0 Å². The Labute approximate surface area is 103 Å². The van der Waals surface area contributed by atoms with Crippen LogP contribution in [0.25, 0.3) is 0 Å². The van der Waals surface area contributed by atoms with E-state index in [0.717, 1.165) is 6.20 Å². The highest BCUT2D eigenvalue weighted by molar-refractivity contribution is 5.61. The fourth-order valence-electron chi connectivity index (χ4n) is 1.68. The third-order valence-electron chi connectivity index (χ3n) is 2.61. The number of halogens is 2. The van der Waals surface area contributed by atoms with Gasteiger partial charge >= 0.3 is 0 Å². The van der Waals surface area contributed by atoms with E-state index < -0.39 is 5.82 Å². The minimum absolute atomic E-state index is 0.314. The quantitative estimate of drug-likeness (QED) is 0.909. The van der Waals surface area contributed by atoms with Gasteiger partial charge in [0.1, 0.15) is 17.5 Å². The van der Waals surface area contributed by atoms with Crippen molar-refractivity contribution in [1.82, 2.24) is 4.98 Å². The lowest BCUT2D eigenvalue weighted by Crippen LogP contribution is -2.14. The second-order valence-electron chi connectivity index (χ2n) is 3.83. The van der Waals surface area contributed by atoms with Crippen LogP contribution in [-0.2, 0) is 6.61 Å². The molecule has 0 aliphatic rings. The van der Waals surface area contributed by atoms with Gasteiger partial charge in [0.15, 0.2) is 0 Å². The molecule has 0 bridgehead atoms. The van der Waals surface area contributed by atoms with Gasteiger partial charge in [-0.25, -0.2) is 13.8 Å². The largest absolute Gasteiger partial charge is 0.392 e. The molecule has 0 unspecified atom stereocenters. The summed E-state index contributed by atoms with van der Waals surface area (Å²) in [7, 11) is 1.71. The van der Waals surface area contributed by atoms with E-state index in [1.807, 2.05) is 0 Å². The fourth-order valence-corrected chi connectivity index (χ4v) is 1.68. The molecule has 18 heavy (non-hydrogen) atoms. The number of rotatable bonds is 3. The summed E-state index contributed by atoms with van der Waals surface area (Å²) in [5, 5.41) is 9.19. The summed E-state index contributed by atoms with van der Waals surface area (Å²) >= 11 is 0. The Bertz CT molecular complexity index is 543. The van der Waals surface area contributed by atoms with Crippen LogP contribution in [0.15, 0.2) is 36.5 Å². The first-order chi connectivity index (χ1) is 8.61. The number of anilines is 2. The van der Waals surface area contributed by atoms with Crippen LogP contribution in [0.3, 0.4) is 0 Å². The Morgan fingerprint density at radius 2 is 1.83 bits per heavy atom. The van der Waals surface area contributed by atoms with Crippen molar-refractivity contribution >= 4 is 11.5 Å². The van der Waals surface area contributed by atoms with Crippen molar-refractivity contribution in [3.63, 3.8) is 0 Å². The lowest BCUT2D eigenvalue weighted by atomic mass is 10.2. The highest BCUT2D eigenvalue weighted by atomic mass is 19.1. The molecule has 0 amide bonds. The van der Waals surface area contributed by atoms with Gasteiger partial charge in [0.05, 0.1) is 12.8 Å². The maximum Gasteiger partial charge on any atom is 0.142 e. The van der Waals surface area contributed by atoms with Crippen LogP contribution < -0.4 is 4.90 Å². The van der Waals surface area contributed by atoms with Crippen molar-refractivity contribution in [1.29, 1.82) is 0 Å². The Hall–Kier alpha value is -2.01. The number of aliphatic hydroxyl groups excluding tert-OH is 1. The molecule has 0 radical (unpaired) electrons. The molecule has 0 atom stereocenters. The van der Waals surface area contributed by atoms with Crippen LogP contribution in [0.1, 0.15) is 5.56 Å².